The minimum absolute atomic E-state index is 0. The van der Waals surface area contributed by atoms with Gasteiger partial charge in [0, 0.05) is 41.2 Å². The molecule has 3 nitrogen and oxygen atoms in total. The second kappa shape index (κ2) is 5.34. The van der Waals surface area contributed by atoms with Gasteiger partial charge in [0.15, 0.2) is 0 Å². The average Bonchev–Trinajstić information content (AvgIpc) is 2.26. The molecule has 0 saturated carbocycles. The van der Waals surface area contributed by atoms with Crippen molar-refractivity contribution in [2.24, 2.45) is 0 Å². The van der Waals surface area contributed by atoms with Crippen molar-refractivity contribution < 1.29 is 8.42 Å². The van der Waals surface area contributed by atoms with Crippen molar-refractivity contribution in [1.82, 2.24) is 0 Å². The standard InChI is InChI=1S/C12H12ClNO2S.ClH/c1-14(2)11-7-3-6-10-9(11)5-4-8-12(10)17(13,15)16;/h3-8H,1-2H3;1H. The van der Waals surface area contributed by atoms with Crippen LogP contribution in [0.25, 0.3) is 10.8 Å². The first kappa shape index (κ1) is 15.1. The molecule has 0 atom stereocenters. The number of fused-ring (bicyclic) bond motifs is 1. The van der Waals surface area contributed by atoms with Crippen molar-refractivity contribution in [3.8, 4) is 0 Å². The maximum atomic E-state index is 11.5. The molecule has 0 amide bonds. The highest BCUT2D eigenvalue weighted by Gasteiger charge is 2.15. The fourth-order valence-electron chi connectivity index (χ4n) is 1.87. The van der Waals surface area contributed by atoms with Gasteiger partial charge in [-0.2, -0.15) is 0 Å². The molecular weight excluding hydrogens is 293 g/mol. The molecule has 0 unspecified atom stereocenters. The summed E-state index contributed by atoms with van der Waals surface area (Å²) in [5.74, 6) is 0. The van der Waals surface area contributed by atoms with Crippen molar-refractivity contribution in [1.29, 1.82) is 0 Å². The van der Waals surface area contributed by atoms with Crippen LogP contribution in [0.4, 0.5) is 5.69 Å². The minimum Gasteiger partial charge on any atom is -0.377 e. The van der Waals surface area contributed by atoms with Crippen molar-refractivity contribution >= 4 is 48.6 Å². The lowest BCUT2D eigenvalue weighted by Gasteiger charge is -2.16. The van der Waals surface area contributed by atoms with Crippen molar-refractivity contribution in [3.05, 3.63) is 36.4 Å². The topological polar surface area (TPSA) is 37.4 Å². The van der Waals surface area contributed by atoms with Crippen molar-refractivity contribution in [2.45, 2.75) is 4.90 Å². The van der Waals surface area contributed by atoms with E-state index in [0.717, 1.165) is 11.1 Å². The number of rotatable bonds is 2. The Bertz CT molecular complexity index is 669. The molecule has 2 aromatic rings. The summed E-state index contributed by atoms with van der Waals surface area (Å²) in [5, 5.41) is 1.52. The summed E-state index contributed by atoms with van der Waals surface area (Å²) < 4.78 is 23.0. The van der Waals surface area contributed by atoms with Crippen LogP contribution >= 0.6 is 23.1 Å². The maximum Gasteiger partial charge on any atom is 0.261 e. The lowest BCUT2D eigenvalue weighted by molar-refractivity contribution is 0.610. The van der Waals surface area contributed by atoms with E-state index in [0.29, 0.717) is 5.39 Å². The molecule has 0 aliphatic heterocycles. The molecule has 98 valence electrons. The van der Waals surface area contributed by atoms with Crippen LogP contribution in [0.15, 0.2) is 41.3 Å². The van der Waals surface area contributed by atoms with Gasteiger partial charge in [-0.15, -0.1) is 12.4 Å². The number of nitrogens with zero attached hydrogens (tertiary/aromatic N) is 1. The molecule has 0 saturated heterocycles. The third-order valence-corrected chi connectivity index (χ3v) is 3.98. The van der Waals surface area contributed by atoms with Gasteiger partial charge in [-0.1, -0.05) is 24.3 Å². The molecule has 0 spiro atoms. The number of halogens is 2. The van der Waals surface area contributed by atoms with Crippen molar-refractivity contribution in [2.75, 3.05) is 19.0 Å². The Kier molecular flexibility index (Phi) is 4.48. The van der Waals surface area contributed by atoms with Gasteiger partial charge in [0.2, 0.25) is 0 Å². The zero-order valence-corrected chi connectivity index (χ0v) is 12.3. The van der Waals surface area contributed by atoms with Crippen molar-refractivity contribution in [3.63, 3.8) is 0 Å². The third-order valence-electron chi connectivity index (χ3n) is 2.60. The molecule has 0 N–H and O–H groups in total. The zero-order chi connectivity index (χ0) is 12.6. The summed E-state index contributed by atoms with van der Waals surface area (Å²) in [6.07, 6.45) is 0. The first-order valence-corrected chi connectivity index (χ1v) is 7.36. The van der Waals surface area contributed by atoms with E-state index in [-0.39, 0.29) is 17.3 Å². The monoisotopic (exact) mass is 305 g/mol. The molecule has 0 aliphatic rings. The average molecular weight is 306 g/mol. The quantitative estimate of drug-likeness (QED) is 0.799. The van der Waals surface area contributed by atoms with E-state index in [1.54, 1.807) is 12.1 Å². The van der Waals surface area contributed by atoms with E-state index in [1.807, 2.05) is 37.2 Å². The fourth-order valence-corrected chi connectivity index (χ4v) is 2.95. The number of hydrogen-bond donors (Lipinski definition) is 0. The summed E-state index contributed by atoms with van der Waals surface area (Å²) in [4.78, 5) is 2.09. The van der Waals surface area contributed by atoms with E-state index in [2.05, 4.69) is 0 Å². The lowest BCUT2D eigenvalue weighted by atomic mass is 10.1. The van der Waals surface area contributed by atoms with Crippen LogP contribution < -0.4 is 4.90 Å². The minimum atomic E-state index is -3.72. The zero-order valence-electron chi connectivity index (χ0n) is 9.92. The molecule has 2 rings (SSSR count). The van der Waals surface area contributed by atoms with E-state index in [1.165, 1.54) is 6.07 Å². The molecule has 0 aromatic heterocycles. The maximum absolute atomic E-state index is 11.5. The highest BCUT2D eigenvalue weighted by atomic mass is 35.7. The summed E-state index contributed by atoms with van der Waals surface area (Å²) in [5.41, 5.74) is 0.963. The third kappa shape index (κ3) is 2.71. The van der Waals surface area contributed by atoms with E-state index in [9.17, 15) is 8.42 Å². The van der Waals surface area contributed by atoms with Crippen LogP contribution in [0, 0.1) is 0 Å². The molecule has 0 fully saturated rings. The highest BCUT2D eigenvalue weighted by molar-refractivity contribution is 8.14. The van der Waals surface area contributed by atoms with E-state index >= 15 is 0 Å². The second-order valence-corrected chi connectivity index (χ2v) is 6.50. The number of hydrogen-bond acceptors (Lipinski definition) is 3. The van der Waals surface area contributed by atoms with Crippen LogP contribution in [0.5, 0.6) is 0 Å². The molecule has 0 aliphatic carbocycles. The Morgan fingerprint density at radius 3 is 2.11 bits per heavy atom. The summed E-state index contributed by atoms with van der Waals surface area (Å²) in [6, 6.07) is 10.6. The first-order valence-electron chi connectivity index (χ1n) is 5.05. The molecule has 6 heteroatoms. The van der Waals surface area contributed by atoms with Crippen LogP contribution in [0.2, 0.25) is 0 Å². The Hall–Kier alpha value is -0.970. The molecular formula is C12H13Cl2NO2S. The van der Waals surface area contributed by atoms with Gasteiger partial charge in [0.25, 0.3) is 9.05 Å². The second-order valence-electron chi connectivity index (χ2n) is 3.96. The Balaban J connectivity index is 0.00000162. The van der Waals surface area contributed by atoms with E-state index < -0.39 is 9.05 Å². The van der Waals surface area contributed by atoms with Gasteiger partial charge in [0.1, 0.15) is 0 Å². The van der Waals surface area contributed by atoms with Gasteiger partial charge in [-0.3, -0.25) is 0 Å². The van der Waals surface area contributed by atoms with Gasteiger partial charge in [-0.05, 0) is 12.1 Å². The highest BCUT2D eigenvalue weighted by Crippen LogP contribution is 2.31. The molecule has 0 radical (unpaired) electrons. The molecule has 18 heavy (non-hydrogen) atoms. The molecule has 0 heterocycles. The summed E-state index contributed by atoms with van der Waals surface area (Å²) >= 11 is 0. The summed E-state index contributed by atoms with van der Waals surface area (Å²) in [6.45, 7) is 0. The van der Waals surface area contributed by atoms with Gasteiger partial charge in [-0.25, -0.2) is 8.42 Å². The Morgan fingerprint density at radius 2 is 1.56 bits per heavy atom. The SMILES string of the molecule is CN(C)c1cccc2c(S(=O)(=O)Cl)cccc12.Cl. The summed E-state index contributed by atoms with van der Waals surface area (Å²) in [7, 11) is 5.54. The Morgan fingerprint density at radius 1 is 1.00 bits per heavy atom. The number of anilines is 1. The lowest BCUT2D eigenvalue weighted by Crippen LogP contribution is -2.09. The van der Waals surface area contributed by atoms with Gasteiger partial charge in [0.05, 0.1) is 4.90 Å². The predicted molar refractivity (Wildman–Crippen MR) is 78.6 cm³/mol. The van der Waals surface area contributed by atoms with Crippen LogP contribution in [-0.4, -0.2) is 22.5 Å². The smallest absolute Gasteiger partial charge is 0.261 e. The largest absolute Gasteiger partial charge is 0.377 e. The first-order chi connectivity index (χ1) is 7.91. The predicted octanol–water partition coefficient (Wildman–Crippen LogP) is 3.26. The van der Waals surface area contributed by atoms with Crippen LogP contribution in [0.1, 0.15) is 0 Å². The Labute approximate surface area is 117 Å². The van der Waals surface area contributed by atoms with Gasteiger partial charge < -0.3 is 4.90 Å². The van der Waals surface area contributed by atoms with Crippen LogP contribution in [-0.2, 0) is 9.05 Å². The fraction of sp³-hybridized carbons (Fsp3) is 0.167. The van der Waals surface area contributed by atoms with Crippen LogP contribution in [0.3, 0.4) is 0 Å². The van der Waals surface area contributed by atoms with Gasteiger partial charge >= 0.3 is 0 Å². The molecule has 2 aromatic carbocycles. The van der Waals surface area contributed by atoms with E-state index in [4.69, 9.17) is 10.7 Å². The molecule has 0 bridgehead atoms. The number of benzene rings is 2. The normalized spacial score (nSPS) is 11.1.